The summed E-state index contributed by atoms with van der Waals surface area (Å²) < 4.78 is 0. The average Bonchev–Trinajstić information content (AvgIpc) is 1.91. The van der Waals surface area contributed by atoms with Crippen LogP contribution in [0.15, 0.2) is 0 Å². The molecule has 1 saturated heterocycles. The predicted molar refractivity (Wildman–Crippen MR) is 31.3 cm³/mol. The Morgan fingerprint density at radius 1 is 1.57 bits per heavy atom. The van der Waals surface area contributed by atoms with E-state index in [2.05, 4.69) is 18.9 Å². The Kier molecular flexibility index (Phi) is 1.33. The van der Waals surface area contributed by atoms with Gasteiger partial charge in [0.15, 0.2) is 0 Å². The molecule has 1 heterocycles. The molecule has 7 heavy (non-hydrogen) atoms. The third-order valence-corrected chi connectivity index (χ3v) is 1.89. The molecule has 0 bridgehead atoms. The van der Waals surface area contributed by atoms with E-state index in [-0.39, 0.29) is 0 Å². The van der Waals surface area contributed by atoms with Gasteiger partial charge in [0.1, 0.15) is 0 Å². The Morgan fingerprint density at radius 3 is 2.43 bits per heavy atom. The molecule has 0 amide bonds. The van der Waals surface area contributed by atoms with Crippen molar-refractivity contribution in [1.29, 1.82) is 0 Å². The van der Waals surface area contributed by atoms with E-state index in [1.165, 1.54) is 19.4 Å². The lowest BCUT2D eigenvalue weighted by atomic mass is 10.3. The van der Waals surface area contributed by atoms with Crippen LogP contribution in [0.4, 0.5) is 0 Å². The average molecular weight is 99.2 g/mol. The Morgan fingerprint density at radius 2 is 2.29 bits per heavy atom. The SMILES string of the molecule is C[C@H]1CCCN1C. The number of nitrogens with zero attached hydrogens (tertiary/aromatic N) is 1. The highest BCUT2D eigenvalue weighted by Gasteiger charge is 2.14. The van der Waals surface area contributed by atoms with Gasteiger partial charge in [-0.3, -0.25) is 0 Å². The van der Waals surface area contributed by atoms with Crippen molar-refractivity contribution < 1.29 is 0 Å². The Balaban J connectivity index is 2.33. The second kappa shape index (κ2) is 1.83. The van der Waals surface area contributed by atoms with Gasteiger partial charge in [-0.05, 0) is 33.4 Å². The second-order valence-electron chi connectivity index (χ2n) is 2.47. The van der Waals surface area contributed by atoms with Crippen molar-refractivity contribution in [2.24, 2.45) is 0 Å². The quantitative estimate of drug-likeness (QED) is 0.439. The first-order valence-corrected chi connectivity index (χ1v) is 3.01. The van der Waals surface area contributed by atoms with Gasteiger partial charge >= 0.3 is 0 Å². The summed E-state index contributed by atoms with van der Waals surface area (Å²) in [6.45, 7) is 3.59. The van der Waals surface area contributed by atoms with E-state index >= 15 is 0 Å². The van der Waals surface area contributed by atoms with Gasteiger partial charge in [0.05, 0.1) is 0 Å². The molecule has 1 atom stereocenters. The molecule has 1 aliphatic rings. The largest absolute Gasteiger partial charge is 0.304 e. The number of likely N-dealkylation sites (tertiary alicyclic amines) is 1. The Bertz CT molecular complexity index is 53.2. The van der Waals surface area contributed by atoms with Gasteiger partial charge < -0.3 is 4.90 Å². The van der Waals surface area contributed by atoms with Gasteiger partial charge in [0, 0.05) is 6.04 Å². The number of hydrogen-bond acceptors (Lipinski definition) is 1. The lowest BCUT2D eigenvalue weighted by Crippen LogP contribution is -2.20. The molecule has 0 aromatic heterocycles. The summed E-state index contributed by atoms with van der Waals surface area (Å²) in [6, 6.07) is 0.847. The van der Waals surface area contributed by atoms with Crippen LogP contribution in [0.1, 0.15) is 19.8 Å². The first-order chi connectivity index (χ1) is 3.30. The van der Waals surface area contributed by atoms with Crippen molar-refractivity contribution in [1.82, 2.24) is 4.90 Å². The van der Waals surface area contributed by atoms with Crippen molar-refractivity contribution in [3.8, 4) is 0 Å². The Hall–Kier alpha value is -0.0400. The fourth-order valence-electron chi connectivity index (χ4n) is 1.08. The summed E-state index contributed by atoms with van der Waals surface area (Å²) >= 11 is 0. The van der Waals surface area contributed by atoms with Crippen molar-refractivity contribution >= 4 is 0 Å². The summed E-state index contributed by atoms with van der Waals surface area (Å²) in [4.78, 5) is 2.40. The van der Waals surface area contributed by atoms with E-state index in [0.717, 1.165) is 6.04 Å². The minimum absolute atomic E-state index is 0.847. The third kappa shape index (κ3) is 0.942. The smallest absolute Gasteiger partial charge is 0.00643 e. The fourth-order valence-corrected chi connectivity index (χ4v) is 1.08. The maximum atomic E-state index is 2.40. The molecule has 1 heteroatoms. The van der Waals surface area contributed by atoms with E-state index in [0.29, 0.717) is 0 Å². The minimum atomic E-state index is 0.847. The summed E-state index contributed by atoms with van der Waals surface area (Å²) in [5.74, 6) is 0. The van der Waals surface area contributed by atoms with Crippen molar-refractivity contribution in [3.05, 3.63) is 0 Å². The first-order valence-electron chi connectivity index (χ1n) is 3.01. The highest BCUT2D eigenvalue weighted by Crippen LogP contribution is 2.12. The van der Waals surface area contributed by atoms with Gasteiger partial charge in [0.2, 0.25) is 0 Å². The Labute approximate surface area is 45.3 Å². The van der Waals surface area contributed by atoms with E-state index < -0.39 is 0 Å². The molecule has 1 rings (SSSR count). The zero-order valence-electron chi connectivity index (χ0n) is 5.15. The van der Waals surface area contributed by atoms with E-state index in [1.807, 2.05) is 0 Å². The molecule has 0 spiro atoms. The van der Waals surface area contributed by atoms with Crippen molar-refractivity contribution in [3.63, 3.8) is 0 Å². The lowest BCUT2D eigenvalue weighted by Gasteiger charge is -2.12. The molecular formula is C6H13N. The zero-order valence-corrected chi connectivity index (χ0v) is 5.15. The lowest BCUT2D eigenvalue weighted by molar-refractivity contribution is 0.331. The molecule has 1 aliphatic heterocycles. The van der Waals surface area contributed by atoms with E-state index in [9.17, 15) is 0 Å². The van der Waals surface area contributed by atoms with Crippen LogP contribution in [0.3, 0.4) is 0 Å². The van der Waals surface area contributed by atoms with Gasteiger partial charge in [-0.15, -0.1) is 0 Å². The summed E-state index contributed by atoms with van der Waals surface area (Å²) in [7, 11) is 2.19. The molecular weight excluding hydrogens is 86.1 g/mol. The molecule has 0 unspecified atom stereocenters. The van der Waals surface area contributed by atoms with Crippen LogP contribution < -0.4 is 0 Å². The van der Waals surface area contributed by atoms with Gasteiger partial charge in [-0.1, -0.05) is 0 Å². The minimum Gasteiger partial charge on any atom is -0.304 e. The standard InChI is InChI=1S/C6H13N/c1-6-4-3-5-7(6)2/h6H,3-5H2,1-2H3/t6-/m0/s1. The normalized spacial score (nSPS) is 34.3. The maximum absolute atomic E-state index is 2.40. The first kappa shape index (κ1) is 5.10. The highest BCUT2D eigenvalue weighted by molar-refractivity contribution is 4.70. The molecule has 0 aromatic rings. The molecule has 1 nitrogen and oxygen atoms in total. The molecule has 0 saturated carbocycles. The topological polar surface area (TPSA) is 3.24 Å². The van der Waals surface area contributed by atoms with Crippen LogP contribution in [-0.4, -0.2) is 24.5 Å². The zero-order chi connectivity index (χ0) is 5.28. The van der Waals surface area contributed by atoms with Gasteiger partial charge in [-0.2, -0.15) is 0 Å². The van der Waals surface area contributed by atoms with Crippen LogP contribution in [0.5, 0.6) is 0 Å². The second-order valence-corrected chi connectivity index (χ2v) is 2.47. The molecule has 0 aromatic carbocycles. The fraction of sp³-hybridized carbons (Fsp3) is 1.00. The monoisotopic (exact) mass is 99.1 g/mol. The maximum Gasteiger partial charge on any atom is 0.00643 e. The third-order valence-electron chi connectivity index (χ3n) is 1.89. The highest BCUT2D eigenvalue weighted by atomic mass is 15.1. The molecule has 1 fully saturated rings. The van der Waals surface area contributed by atoms with Crippen LogP contribution in [0, 0.1) is 0 Å². The molecule has 0 N–H and O–H groups in total. The predicted octanol–water partition coefficient (Wildman–Crippen LogP) is 1.10. The molecule has 42 valence electrons. The van der Waals surface area contributed by atoms with E-state index in [4.69, 9.17) is 0 Å². The van der Waals surface area contributed by atoms with Gasteiger partial charge in [0.25, 0.3) is 0 Å². The number of hydrogen-bond donors (Lipinski definition) is 0. The van der Waals surface area contributed by atoms with Crippen LogP contribution in [-0.2, 0) is 0 Å². The summed E-state index contributed by atoms with van der Waals surface area (Å²) in [5, 5.41) is 0. The van der Waals surface area contributed by atoms with Crippen LogP contribution >= 0.6 is 0 Å². The number of rotatable bonds is 0. The van der Waals surface area contributed by atoms with Crippen LogP contribution in [0.2, 0.25) is 0 Å². The van der Waals surface area contributed by atoms with E-state index in [1.54, 1.807) is 0 Å². The summed E-state index contributed by atoms with van der Waals surface area (Å²) in [5.41, 5.74) is 0. The molecule has 0 aliphatic carbocycles. The molecule has 0 radical (unpaired) electrons. The summed E-state index contributed by atoms with van der Waals surface area (Å²) in [6.07, 6.45) is 2.80. The van der Waals surface area contributed by atoms with Crippen LogP contribution in [0.25, 0.3) is 0 Å². The van der Waals surface area contributed by atoms with Gasteiger partial charge in [-0.25, -0.2) is 0 Å². The van der Waals surface area contributed by atoms with Crippen molar-refractivity contribution in [2.75, 3.05) is 13.6 Å². The van der Waals surface area contributed by atoms with Crippen molar-refractivity contribution in [2.45, 2.75) is 25.8 Å².